The van der Waals surface area contributed by atoms with Crippen LogP contribution in [-0.4, -0.2) is 11.1 Å². The smallest absolute Gasteiger partial charge is 0.330 e. The molecule has 0 unspecified atom stereocenters. The van der Waals surface area contributed by atoms with Gasteiger partial charge in [-0.3, -0.25) is 0 Å². The van der Waals surface area contributed by atoms with E-state index in [0.717, 1.165) is 6.08 Å². The standard InChI is InChI=1S/C9H8ClNO2/c10-7-3-1-2-6(4-7)8(11)5-9(12)13/h1-5H,11H2,(H,12,13)/b8-5-. The average molecular weight is 198 g/mol. The van der Waals surface area contributed by atoms with E-state index in [0.29, 0.717) is 10.6 Å². The Hall–Kier alpha value is -1.48. The molecule has 0 bridgehead atoms. The fourth-order valence-corrected chi connectivity index (χ4v) is 1.07. The lowest BCUT2D eigenvalue weighted by Gasteiger charge is -1.99. The fourth-order valence-electron chi connectivity index (χ4n) is 0.884. The molecule has 0 amide bonds. The summed E-state index contributed by atoms with van der Waals surface area (Å²) in [5.41, 5.74) is 6.28. The molecule has 0 heterocycles. The molecule has 0 aromatic heterocycles. The van der Waals surface area contributed by atoms with E-state index < -0.39 is 5.97 Å². The molecule has 0 aliphatic rings. The third-order valence-corrected chi connectivity index (χ3v) is 1.67. The van der Waals surface area contributed by atoms with Crippen LogP contribution in [0.25, 0.3) is 5.70 Å². The van der Waals surface area contributed by atoms with Crippen molar-refractivity contribution in [2.45, 2.75) is 0 Å². The molecule has 0 saturated carbocycles. The van der Waals surface area contributed by atoms with Crippen molar-refractivity contribution in [1.29, 1.82) is 0 Å². The van der Waals surface area contributed by atoms with Crippen LogP contribution in [0.15, 0.2) is 30.3 Å². The van der Waals surface area contributed by atoms with Gasteiger partial charge in [-0.2, -0.15) is 0 Å². The molecule has 0 fully saturated rings. The van der Waals surface area contributed by atoms with E-state index in [2.05, 4.69) is 0 Å². The minimum Gasteiger partial charge on any atom is -0.478 e. The summed E-state index contributed by atoms with van der Waals surface area (Å²) in [5, 5.41) is 8.95. The summed E-state index contributed by atoms with van der Waals surface area (Å²) in [6, 6.07) is 6.70. The normalized spacial score (nSPS) is 11.3. The average Bonchev–Trinajstić information content (AvgIpc) is 2.03. The summed E-state index contributed by atoms with van der Waals surface area (Å²) in [7, 11) is 0. The van der Waals surface area contributed by atoms with Gasteiger partial charge in [0.2, 0.25) is 0 Å². The zero-order valence-electron chi connectivity index (χ0n) is 6.70. The second-order valence-electron chi connectivity index (χ2n) is 2.45. The van der Waals surface area contributed by atoms with Gasteiger partial charge in [0, 0.05) is 16.8 Å². The Morgan fingerprint density at radius 3 is 2.77 bits per heavy atom. The van der Waals surface area contributed by atoms with Gasteiger partial charge in [-0.05, 0) is 17.7 Å². The fraction of sp³-hybridized carbons (Fsp3) is 0. The lowest BCUT2D eigenvalue weighted by Crippen LogP contribution is -2.00. The van der Waals surface area contributed by atoms with Crippen LogP contribution < -0.4 is 5.73 Å². The maximum Gasteiger partial charge on any atom is 0.330 e. The lowest BCUT2D eigenvalue weighted by atomic mass is 10.1. The molecule has 0 aliphatic carbocycles. The molecule has 4 heteroatoms. The summed E-state index contributed by atoms with van der Waals surface area (Å²) in [6.07, 6.45) is 0.936. The monoisotopic (exact) mass is 197 g/mol. The summed E-state index contributed by atoms with van der Waals surface area (Å²) in [5.74, 6) is -1.07. The van der Waals surface area contributed by atoms with Crippen LogP contribution in [0.5, 0.6) is 0 Å². The second kappa shape index (κ2) is 3.96. The number of rotatable bonds is 2. The van der Waals surface area contributed by atoms with Crippen molar-refractivity contribution < 1.29 is 9.90 Å². The van der Waals surface area contributed by atoms with Crippen molar-refractivity contribution in [3.63, 3.8) is 0 Å². The van der Waals surface area contributed by atoms with E-state index in [4.69, 9.17) is 22.4 Å². The Morgan fingerprint density at radius 1 is 1.54 bits per heavy atom. The van der Waals surface area contributed by atoms with Crippen LogP contribution >= 0.6 is 11.6 Å². The van der Waals surface area contributed by atoms with Gasteiger partial charge in [-0.25, -0.2) is 4.79 Å². The van der Waals surface area contributed by atoms with Crippen LogP contribution in [-0.2, 0) is 4.79 Å². The van der Waals surface area contributed by atoms with Gasteiger partial charge < -0.3 is 10.8 Å². The Balaban J connectivity index is 3.02. The van der Waals surface area contributed by atoms with E-state index in [1.807, 2.05) is 0 Å². The van der Waals surface area contributed by atoms with Gasteiger partial charge in [0.25, 0.3) is 0 Å². The Morgan fingerprint density at radius 2 is 2.23 bits per heavy atom. The summed E-state index contributed by atoms with van der Waals surface area (Å²) in [4.78, 5) is 10.3. The quantitative estimate of drug-likeness (QED) is 0.710. The summed E-state index contributed by atoms with van der Waals surface area (Å²) in [6.45, 7) is 0. The van der Waals surface area contributed by atoms with E-state index in [1.165, 1.54) is 0 Å². The minimum atomic E-state index is -1.07. The Bertz CT molecular complexity index is 360. The van der Waals surface area contributed by atoms with Crippen molar-refractivity contribution in [2.24, 2.45) is 5.73 Å². The summed E-state index contributed by atoms with van der Waals surface area (Å²) < 4.78 is 0. The number of nitrogens with two attached hydrogens (primary N) is 1. The predicted octanol–water partition coefficient (Wildman–Crippen LogP) is 1.72. The topological polar surface area (TPSA) is 63.3 Å². The molecule has 3 N–H and O–H groups in total. The molecule has 13 heavy (non-hydrogen) atoms. The van der Waals surface area contributed by atoms with E-state index >= 15 is 0 Å². The zero-order chi connectivity index (χ0) is 9.84. The first-order chi connectivity index (χ1) is 6.09. The van der Waals surface area contributed by atoms with E-state index in [1.54, 1.807) is 24.3 Å². The maximum atomic E-state index is 10.3. The minimum absolute atomic E-state index is 0.190. The first kappa shape index (κ1) is 9.61. The van der Waals surface area contributed by atoms with Gasteiger partial charge in [-0.1, -0.05) is 23.7 Å². The van der Waals surface area contributed by atoms with Crippen molar-refractivity contribution in [2.75, 3.05) is 0 Å². The maximum absolute atomic E-state index is 10.3. The van der Waals surface area contributed by atoms with Crippen molar-refractivity contribution >= 4 is 23.3 Å². The molecule has 0 atom stereocenters. The summed E-state index contributed by atoms with van der Waals surface area (Å²) >= 11 is 5.70. The van der Waals surface area contributed by atoms with Gasteiger partial charge >= 0.3 is 5.97 Å². The lowest BCUT2D eigenvalue weighted by molar-refractivity contribution is -0.131. The van der Waals surface area contributed by atoms with E-state index in [9.17, 15) is 4.79 Å². The van der Waals surface area contributed by atoms with Crippen molar-refractivity contribution in [3.05, 3.63) is 40.9 Å². The number of hydrogen-bond acceptors (Lipinski definition) is 2. The third-order valence-electron chi connectivity index (χ3n) is 1.44. The molecule has 0 aliphatic heterocycles. The molecule has 0 spiro atoms. The first-order valence-corrected chi connectivity index (χ1v) is 3.93. The second-order valence-corrected chi connectivity index (χ2v) is 2.88. The number of benzene rings is 1. The van der Waals surface area contributed by atoms with Crippen molar-refractivity contribution in [3.8, 4) is 0 Å². The van der Waals surface area contributed by atoms with Crippen LogP contribution in [0.3, 0.4) is 0 Å². The highest BCUT2D eigenvalue weighted by Crippen LogP contribution is 2.14. The molecule has 0 radical (unpaired) electrons. The molecular weight excluding hydrogens is 190 g/mol. The van der Waals surface area contributed by atoms with Crippen LogP contribution in [0.4, 0.5) is 0 Å². The molecule has 1 rings (SSSR count). The molecule has 1 aromatic carbocycles. The highest BCUT2D eigenvalue weighted by molar-refractivity contribution is 6.30. The van der Waals surface area contributed by atoms with Crippen LogP contribution in [0, 0.1) is 0 Å². The third kappa shape index (κ3) is 2.80. The van der Waals surface area contributed by atoms with Gasteiger partial charge in [0.15, 0.2) is 0 Å². The molecule has 1 aromatic rings. The highest BCUT2D eigenvalue weighted by atomic mass is 35.5. The Labute approximate surface area is 80.4 Å². The van der Waals surface area contributed by atoms with Gasteiger partial charge in [0.05, 0.1) is 0 Å². The van der Waals surface area contributed by atoms with Crippen LogP contribution in [0.1, 0.15) is 5.56 Å². The predicted molar refractivity (Wildman–Crippen MR) is 51.3 cm³/mol. The van der Waals surface area contributed by atoms with Crippen molar-refractivity contribution in [1.82, 2.24) is 0 Å². The number of carboxylic acid groups (broad SMARTS) is 1. The highest BCUT2D eigenvalue weighted by Gasteiger charge is 1.99. The van der Waals surface area contributed by atoms with Gasteiger partial charge in [0.1, 0.15) is 0 Å². The van der Waals surface area contributed by atoms with Gasteiger partial charge in [-0.15, -0.1) is 0 Å². The molecule has 68 valence electrons. The number of carbonyl (C=O) groups is 1. The molecular formula is C9H8ClNO2. The Kier molecular flexibility index (Phi) is 2.93. The van der Waals surface area contributed by atoms with Crippen LogP contribution in [0.2, 0.25) is 5.02 Å². The molecule has 0 saturated heterocycles. The first-order valence-electron chi connectivity index (χ1n) is 3.55. The largest absolute Gasteiger partial charge is 0.478 e. The molecule has 3 nitrogen and oxygen atoms in total. The number of carboxylic acids is 1. The SMILES string of the molecule is N/C(=C\C(=O)O)c1cccc(Cl)c1. The zero-order valence-corrected chi connectivity index (χ0v) is 7.45. The number of aliphatic carboxylic acids is 1. The number of halogens is 1. The number of hydrogen-bond donors (Lipinski definition) is 2. The van der Waals surface area contributed by atoms with E-state index in [-0.39, 0.29) is 5.70 Å².